The fourth-order valence-electron chi connectivity index (χ4n) is 2.59. The zero-order valence-electron chi connectivity index (χ0n) is 11.5. The van der Waals surface area contributed by atoms with Crippen LogP contribution in [0, 0.1) is 0 Å². The standard InChI is InChI=1S/C14H17N5OS/c15-9-13(20)19-7-2-4-11(19)10-3-1-5-12(17-10)18-14-16-6-8-21-14/h1,3,5-6,8,11H,2,4,7,9,15H2,(H,16,17,18)/t11-/m0/s1. The molecule has 1 aliphatic heterocycles. The minimum atomic E-state index is -0.0161. The first kappa shape index (κ1) is 14.0. The number of aromatic nitrogens is 2. The van der Waals surface area contributed by atoms with Crippen LogP contribution in [0.15, 0.2) is 29.8 Å². The molecule has 0 bridgehead atoms. The average molecular weight is 303 g/mol. The Morgan fingerprint density at radius 2 is 2.43 bits per heavy atom. The first-order valence-electron chi connectivity index (χ1n) is 6.91. The van der Waals surface area contributed by atoms with E-state index in [1.165, 1.54) is 11.3 Å². The first-order valence-corrected chi connectivity index (χ1v) is 7.79. The van der Waals surface area contributed by atoms with E-state index in [1.807, 2.05) is 28.5 Å². The summed E-state index contributed by atoms with van der Waals surface area (Å²) in [6.07, 6.45) is 3.66. The second-order valence-corrected chi connectivity index (χ2v) is 5.75. The summed E-state index contributed by atoms with van der Waals surface area (Å²) in [5.74, 6) is 0.729. The lowest BCUT2D eigenvalue weighted by molar-refractivity contribution is -0.130. The molecule has 2 aromatic heterocycles. The summed E-state index contributed by atoms with van der Waals surface area (Å²) >= 11 is 1.52. The molecule has 1 atom stereocenters. The van der Waals surface area contributed by atoms with Crippen LogP contribution in [0.1, 0.15) is 24.6 Å². The smallest absolute Gasteiger partial charge is 0.236 e. The summed E-state index contributed by atoms with van der Waals surface area (Å²) in [7, 11) is 0. The van der Waals surface area contributed by atoms with Crippen LogP contribution < -0.4 is 11.1 Å². The van der Waals surface area contributed by atoms with Gasteiger partial charge in [0.05, 0.1) is 18.3 Å². The third kappa shape index (κ3) is 3.03. The topological polar surface area (TPSA) is 84.1 Å². The van der Waals surface area contributed by atoms with Crippen LogP contribution in [0.4, 0.5) is 10.9 Å². The SMILES string of the molecule is NCC(=O)N1CCC[C@H]1c1cccc(Nc2nccs2)n1. The molecule has 0 aliphatic carbocycles. The number of pyridine rings is 1. The Hall–Kier alpha value is -1.99. The first-order chi connectivity index (χ1) is 10.3. The van der Waals surface area contributed by atoms with Crippen LogP contribution in [0.2, 0.25) is 0 Å². The van der Waals surface area contributed by atoms with E-state index in [9.17, 15) is 4.79 Å². The molecular formula is C14H17N5OS. The van der Waals surface area contributed by atoms with Gasteiger partial charge in [-0.15, -0.1) is 11.3 Å². The number of nitrogens with two attached hydrogens (primary N) is 1. The van der Waals surface area contributed by atoms with E-state index in [1.54, 1.807) is 6.20 Å². The third-order valence-electron chi connectivity index (χ3n) is 3.53. The van der Waals surface area contributed by atoms with Crippen molar-refractivity contribution in [3.8, 4) is 0 Å². The van der Waals surface area contributed by atoms with Gasteiger partial charge in [-0.05, 0) is 25.0 Å². The van der Waals surface area contributed by atoms with Crippen LogP contribution in [0.3, 0.4) is 0 Å². The van der Waals surface area contributed by atoms with E-state index in [0.29, 0.717) is 0 Å². The summed E-state index contributed by atoms with van der Waals surface area (Å²) in [6, 6.07) is 5.83. The van der Waals surface area contributed by atoms with E-state index in [2.05, 4.69) is 15.3 Å². The Morgan fingerprint density at radius 1 is 1.52 bits per heavy atom. The predicted octanol–water partition coefficient (Wildman–Crippen LogP) is 1.90. The average Bonchev–Trinajstić information content (AvgIpc) is 3.17. The number of carbonyl (C=O) groups is 1. The van der Waals surface area contributed by atoms with Crippen molar-refractivity contribution in [3.05, 3.63) is 35.5 Å². The van der Waals surface area contributed by atoms with Gasteiger partial charge in [0.25, 0.3) is 0 Å². The molecule has 1 saturated heterocycles. The van der Waals surface area contributed by atoms with Gasteiger partial charge in [0.15, 0.2) is 5.13 Å². The lowest BCUT2D eigenvalue weighted by atomic mass is 10.1. The van der Waals surface area contributed by atoms with Crippen molar-refractivity contribution in [2.24, 2.45) is 5.73 Å². The summed E-state index contributed by atoms with van der Waals surface area (Å²) < 4.78 is 0. The maximum atomic E-state index is 11.9. The van der Waals surface area contributed by atoms with E-state index in [4.69, 9.17) is 5.73 Å². The van der Waals surface area contributed by atoms with Crippen molar-refractivity contribution in [3.63, 3.8) is 0 Å². The Morgan fingerprint density at radius 3 is 3.19 bits per heavy atom. The highest BCUT2D eigenvalue weighted by Gasteiger charge is 2.30. The van der Waals surface area contributed by atoms with Crippen molar-refractivity contribution in [1.29, 1.82) is 0 Å². The van der Waals surface area contributed by atoms with Gasteiger partial charge in [-0.1, -0.05) is 6.07 Å². The van der Waals surface area contributed by atoms with E-state index in [-0.39, 0.29) is 18.5 Å². The van der Waals surface area contributed by atoms with Crippen molar-refractivity contribution in [2.45, 2.75) is 18.9 Å². The highest BCUT2D eigenvalue weighted by Crippen LogP contribution is 2.31. The minimum Gasteiger partial charge on any atom is -0.333 e. The van der Waals surface area contributed by atoms with Gasteiger partial charge >= 0.3 is 0 Å². The van der Waals surface area contributed by atoms with Crippen molar-refractivity contribution in [2.75, 3.05) is 18.4 Å². The Labute approximate surface area is 127 Å². The molecule has 1 aliphatic rings. The molecule has 0 saturated carbocycles. The van der Waals surface area contributed by atoms with E-state index < -0.39 is 0 Å². The maximum absolute atomic E-state index is 11.9. The molecule has 7 heteroatoms. The van der Waals surface area contributed by atoms with Crippen LogP contribution >= 0.6 is 11.3 Å². The highest BCUT2D eigenvalue weighted by atomic mass is 32.1. The molecule has 3 rings (SSSR count). The Kier molecular flexibility index (Phi) is 4.12. The zero-order valence-corrected chi connectivity index (χ0v) is 12.3. The molecule has 21 heavy (non-hydrogen) atoms. The molecule has 0 spiro atoms. The summed E-state index contributed by atoms with van der Waals surface area (Å²) in [6.45, 7) is 0.806. The number of rotatable bonds is 4. The van der Waals surface area contributed by atoms with Gasteiger partial charge in [0.1, 0.15) is 5.82 Å². The number of carbonyl (C=O) groups excluding carboxylic acids is 1. The largest absolute Gasteiger partial charge is 0.333 e. The normalized spacial score (nSPS) is 18.0. The Bertz CT molecular complexity index is 616. The molecule has 0 unspecified atom stereocenters. The van der Waals surface area contributed by atoms with Crippen LogP contribution in [-0.4, -0.2) is 33.9 Å². The van der Waals surface area contributed by atoms with Crippen molar-refractivity contribution >= 4 is 28.2 Å². The molecule has 0 aromatic carbocycles. The van der Waals surface area contributed by atoms with Gasteiger partial charge in [-0.2, -0.15) is 0 Å². The second kappa shape index (κ2) is 6.19. The highest BCUT2D eigenvalue weighted by molar-refractivity contribution is 7.13. The number of anilines is 2. The molecule has 1 fully saturated rings. The second-order valence-electron chi connectivity index (χ2n) is 4.86. The van der Waals surface area contributed by atoms with E-state index in [0.717, 1.165) is 36.0 Å². The van der Waals surface area contributed by atoms with Crippen molar-refractivity contribution < 1.29 is 4.79 Å². The fourth-order valence-corrected chi connectivity index (χ4v) is 3.13. The number of amides is 1. The monoisotopic (exact) mass is 303 g/mol. The molecular weight excluding hydrogens is 286 g/mol. The number of nitrogens with one attached hydrogen (secondary N) is 1. The lowest BCUT2D eigenvalue weighted by Crippen LogP contribution is -2.35. The predicted molar refractivity (Wildman–Crippen MR) is 82.4 cm³/mol. The number of likely N-dealkylation sites (tertiary alicyclic amines) is 1. The molecule has 3 heterocycles. The third-order valence-corrected chi connectivity index (χ3v) is 4.22. The molecule has 110 valence electrons. The van der Waals surface area contributed by atoms with Gasteiger partial charge in [0.2, 0.25) is 5.91 Å². The summed E-state index contributed by atoms with van der Waals surface area (Å²) in [4.78, 5) is 22.5. The fraction of sp³-hybridized carbons (Fsp3) is 0.357. The number of thiazole rings is 1. The number of nitrogens with zero attached hydrogens (tertiary/aromatic N) is 3. The molecule has 2 aromatic rings. The van der Waals surface area contributed by atoms with Gasteiger partial charge in [-0.25, -0.2) is 9.97 Å². The zero-order chi connectivity index (χ0) is 14.7. The quantitative estimate of drug-likeness (QED) is 0.901. The molecule has 3 N–H and O–H groups in total. The van der Waals surface area contributed by atoms with Crippen molar-refractivity contribution in [1.82, 2.24) is 14.9 Å². The van der Waals surface area contributed by atoms with Crippen LogP contribution in [0.25, 0.3) is 0 Å². The van der Waals surface area contributed by atoms with Gasteiger partial charge in [-0.3, -0.25) is 4.79 Å². The number of hydrogen-bond acceptors (Lipinski definition) is 6. The number of hydrogen-bond donors (Lipinski definition) is 2. The molecule has 6 nitrogen and oxygen atoms in total. The summed E-state index contributed by atoms with van der Waals surface area (Å²) in [5, 5.41) is 5.89. The minimum absolute atomic E-state index is 0.0161. The molecule has 0 radical (unpaired) electrons. The molecule has 1 amide bonds. The van der Waals surface area contributed by atoms with Gasteiger partial charge in [0, 0.05) is 18.1 Å². The maximum Gasteiger partial charge on any atom is 0.236 e. The summed E-state index contributed by atoms with van der Waals surface area (Å²) in [5.41, 5.74) is 6.38. The Balaban J connectivity index is 1.80. The van der Waals surface area contributed by atoms with E-state index >= 15 is 0 Å². The van der Waals surface area contributed by atoms with Gasteiger partial charge < -0.3 is 16.0 Å². The van der Waals surface area contributed by atoms with Crippen LogP contribution in [0.5, 0.6) is 0 Å². The van der Waals surface area contributed by atoms with Crippen LogP contribution in [-0.2, 0) is 4.79 Å². The lowest BCUT2D eigenvalue weighted by Gasteiger charge is -2.24.